The molecule has 18 heteroatoms. The lowest BCUT2D eigenvalue weighted by molar-refractivity contribution is -0.0882. The zero-order valence-electron chi connectivity index (χ0n) is 43.8. The Morgan fingerprint density at radius 3 is 1.21 bits per heavy atom. The molecule has 3 rings (SSSR count). The summed E-state index contributed by atoms with van der Waals surface area (Å²) in [5.74, 6) is 0. The third-order valence-electron chi connectivity index (χ3n) is 10.2. The third-order valence-corrected chi connectivity index (χ3v) is 10.8. The molecule has 2 heterocycles. The smallest absolute Gasteiger partial charge is 0.410 e. The molecule has 0 saturated carbocycles. The molecule has 1 unspecified atom stereocenters. The maximum Gasteiger partial charge on any atom is 0.410 e. The standard InChI is InChI=1S/C49H87BrN8O9/c1-45(2,3)63-40-36-58(44(62)67-49(13,14)15)29-28-57(43(61)66-48(10,11)12)27-22-53(19-18-52-40)34-38-30-37(33-50)31-39(32-38)35-54-23-25-55(41(59)64-46(4,5)6)20-16-51-17-21-56(26-24-54)42(60)65-47(7,8)9/h30-32,40,51-52H,16-29,33-36H2,1-15H3. The average molecular weight is 1010 g/mol. The van der Waals surface area contributed by atoms with Gasteiger partial charge in [-0.25, -0.2) is 19.2 Å². The molecule has 1 atom stereocenters. The van der Waals surface area contributed by atoms with Crippen molar-refractivity contribution in [1.82, 2.24) is 40.0 Å². The Labute approximate surface area is 411 Å². The van der Waals surface area contributed by atoms with Crippen LogP contribution in [0.2, 0.25) is 0 Å². The van der Waals surface area contributed by atoms with Crippen LogP contribution in [-0.2, 0) is 42.1 Å². The molecule has 0 aromatic heterocycles. The molecule has 4 amide bonds. The Balaban J connectivity index is 1.97. The van der Waals surface area contributed by atoms with Gasteiger partial charge in [0.25, 0.3) is 0 Å². The zero-order valence-corrected chi connectivity index (χ0v) is 45.4. The molecule has 0 radical (unpaired) electrons. The number of carbonyl (C=O) groups is 4. The first-order chi connectivity index (χ1) is 30.9. The Bertz CT molecular complexity index is 1690. The summed E-state index contributed by atoms with van der Waals surface area (Å²) in [6.45, 7) is 36.1. The molecular formula is C49H87BrN8O9. The van der Waals surface area contributed by atoms with Crippen LogP contribution in [0, 0.1) is 0 Å². The second kappa shape index (κ2) is 25.4. The molecule has 2 N–H and O–H groups in total. The molecule has 384 valence electrons. The van der Waals surface area contributed by atoms with E-state index in [0.717, 1.165) is 16.7 Å². The van der Waals surface area contributed by atoms with E-state index in [1.54, 1.807) is 19.6 Å². The minimum atomic E-state index is -0.712. The van der Waals surface area contributed by atoms with Crippen molar-refractivity contribution < 1.29 is 42.9 Å². The van der Waals surface area contributed by atoms with Gasteiger partial charge in [0.05, 0.1) is 12.1 Å². The quantitative estimate of drug-likeness (QED) is 0.214. The predicted octanol–water partition coefficient (Wildman–Crippen LogP) is 7.48. The number of rotatable bonds is 6. The number of carbonyl (C=O) groups excluding carboxylic acids is 4. The van der Waals surface area contributed by atoms with Crippen LogP contribution in [0.1, 0.15) is 121 Å². The second-order valence-electron chi connectivity index (χ2n) is 22.6. The first-order valence-corrected chi connectivity index (χ1v) is 25.1. The van der Waals surface area contributed by atoms with Crippen LogP contribution in [0.4, 0.5) is 19.2 Å². The molecule has 1 aromatic rings. The van der Waals surface area contributed by atoms with Crippen molar-refractivity contribution in [1.29, 1.82) is 0 Å². The molecule has 17 nitrogen and oxygen atoms in total. The molecule has 2 aliphatic heterocycles. The summed E-state index contributed by atoms with van der Waals surface area (Å²) in [6, 6.07) is 6.63. The van der Waals surface area contributed by atoms with Crippen molar-refractivity contribution in [3.8, 4) is 0 Å². The molecule has 67 heavy (non-hydrogen) atoms. The average Bonchev–Trinajstić information content (AvgIpc) is 3.14. The first kappa shape index (κ1) is 57.9. The minimum absolute atomic E-state index is 0.212. The Morgan fingerprint density at radius 2 is 0.821 bits per heavy atom. The van der Waals surface area contributed by atoms with Crippen LogP contribution in [0.3, 0.4) is 0 Å². The van der Waals surface area contributed by atoms with Gasteiger partial charge in [-0.1, -0.05) is 34.1 Å². The van der Waals surface area contributed by atoms with E-state index < -0.39 is 46.4 Å². The Hall–Kier alpha value is -3.42. The number of hydrogen-bond acceptors (Lipinski definition) is 13. The highest BCUT2D eigenvalue weighted by Gasteiger charge is 2.31. The van der Waals surface area contributed by atoms with E-state index in [4.69, 9.17) is 23.7 Å². The number of nitrogens with zero attached hydrogens (tertiary/aromatic N) is 6. The molecule has 0 spiro atoms. The van der Waals surface area contributed by atoms with Gasteiger partial charge in [-0.3, -0.25) is 15.1 Å². The molecule has 2 saturated heterocycles. The number of alkyl halides is 1. The van der Waals surface area contributed by atoms with Gasteiger partial charge in [-0.15, -0.1) is 0 Å². The maximum absolute atomic E-state index is 13.8. The van der Waals surface area contributed by atoms with Crippen LogP contribution >= 0.6 is 15.9 Å². The van der Waals surface area contributed by atoms with E-state index in [0.29, 0.717) is 97.0 Å². The van der Waals surface area contributed by atoms with E-state index in [2.05, 4.69) is 54.6 Å². The summed E-state index contributed by atoms with van der Waals surface area (Å²) in [6.07, 6.45) is -2.15. The Morgan fingerprint density at radius 1 is 0.478 bits per heavy atom. The molecule has 0 aliphatic carbocycles. The fourth-order valence-electron chi connectivity index (χ4n) is 7.34. The fraction of sp³-hybridized carbons (Fsp3) is 0.796. The normalized spacial score (nSPS) is 19.3. The molecule has 2 fully saturated rings. The predicted molar refractivity (Wildman–Crippen MR) is 266 cm³/mol. The number of nitrogens with one attached hydrogen (secondary N) is 2. The minimum Gasteiger partial charge on any atom is -0.444 e. The van der Waals surface area contributed by atoms with Crippen LogP contribution in [0.5, 0.6) is 0 Å². The summed E-state index contributed by atoms with van der Waals surface area (Å²) in [5.41, 5.74) is 0.119. The SMILES string of the molecule is CC(C)(C)OC(=O)N1CCNCCN(C(=O)OC(C)(C)C)CCN(Cc2cc(CBr)cc(CN3CCNC(OC(C)(C)C)CN(C(=O)OC(C)(C)C)CCN(C(=O)OC(C)(C)C)CC3)c2)CC1. The van der Waals surface area contributed by atoms with E-state index >= 15 is 0 Å². The highest BCUT2D eigenvalue weighted by atomic mass is 79.9. The highest BCUT2D eigenvalue weighted by molar-refractivity contribution is 9.08. The van der Waals surface area contributed by atoms with Gasteiger partial charge in [-0.05, 0) is 121 Å². The lowest BCUT2D eigenvalue weighted by Gasteiger charge is -2.36. The second-order valence-corrected chi connectivity index (χ2v) is 23.2. The summed E-state index contributed by atoms with van der Waals surface area (Å²) >= 11 is 3.73. The van der Waals surface area contributed by atoms with Gasteiger partial charge in [-0.2, -0.15) is 0 Å². The van der Waals surface area contributed by atoms with Gasteiger partial charge in [0.1, 0.15) is 28.6 Å². The van der Waals surface area contributed by atoms with E-state index in [-0.39, 0.29) is 31.8 Å². The van der Waals surface area contributed by atoms with E-state index in [9.17, 15) is 19.2 Å². The highest BCUT2D eigenvalue weighted by Crippen LogP contribution is 2.21. The summed E-state index contributed by atoms with van der Waals surface area (Å²) in [5, 5.41) is 7.61. The van der Waals surface area contributed by atoms with Crippen LogP contribution in [0.15, 0.2) is 18.2 Å². The number of hydrogen-bond donors (Lipinski definition) is 2. The van der Waals surface area contributed by atoms with Gasteiger partial charge < -0.3 is 48.6 Å². The topological polar surface area (TPSA) is 158 Å². The third kappa shape index (κ3) is 24.1. The monoisotopic (exact) mass is 1010 g/mol. The lowest BCUT2D eigenvalue weighted by Crippen LogP contribution is -2.53. The van der Waals surface area contributed by atoms with Crippen LogP contribution < -0.4 is 10.6 Å². The Kier molecular flexibility index (Phi) is 22.0. The van der Waals surface area contributed by atoms with Gasteiger partial charge >= 0.3 is 24.4 Å². The number of halogens is 1. The van der Waals surface area contributed by atoms with Crippen LogP contribution in [-0.4, -0.2) is 186 Å². The molecule has 2 aliphatic rings. The molecule has 1 aromatic carbocycles. The van der Waals surface area contributed by atoms with Crippen LogP contribution in [0.25, 0.3) is 0 Å². The van der Waals surface area contributed by atoms with E-state index in [1.165, 1.54) is 0 Å². The summed E-state index contributed by atoms with van der Waals surface area (Å²) < 4.78 is 29.8. The van der Waals surface area contributed by atoms with Crippen molar-refractivity contribution in [2.45, 2.75) is 157 Å². The largest absolute Gasteiger partial charge is 0.444 e. The summed E-state index contributed by atoms with van der Waals surface area (Å²) in [7, 11) is 0. The van der Waals surface area contributed by atoms with E-state index in [1.807, 2.05) is 104 Å². The number of amides is 4. The lowest BCUT2D eigenvalue weighted by atomic mass is 10.1. The van der Waals surface area contributed by atoms with Crippen molar-refractivity contribution in [2.24, 2.45) is 0 Å². The number of ether oxygens (including phenoxy) is 5. The van der Waals surface area contributed by atoms with Crippen molar-refractivity contribution >= 4 is 40.3 Å². The zero-order chi connectivity index (χ0) is 50.4. The van der Waals surface area contributed by atoms with Gasteiger partial charge in [0.2, 0.25) is 0 Å². The van der Waals surface area contributed by atoms with Gasteiger partial charge in [0.15, 0.2) is 0 Å². The van der Waals surface area contributed by atoms with Crippen molar-refractivity contribution in [2.75, 3.05) is 98.2 Å². The first-order valence-electron chi connectivity index (χ1n) is 24.0. The van der Waals surface area contributed by atoms with Crippen molar-refractivity contribution in [3.63, 3.8) is 0 Å². The van der Waals surface area contributed by atoms with Gasteiger partial charge in [0, 0.05) is 110 Å². The molecular weight excluding hydrogens is 924 g/mol. The van der Waals surface area contributed by atoms with Crippen molar-refractivity contribution in [3.05, 3.63) is 34.9 Å². The number of benzene rings is 1. The maximum atomic E-state index is 13.8. The fourth-order valence-corrected chi connectivity index (χ4v) is 7.66. The summed E-state index contributed by atoms with van der Waals surface area (Å²) in [4.78, 5) is 65.6. The molecule has 0 bridgehead atoms.